The number of nitrogen functional groups attached to an aromatic ring is 1. The number of nitrogens with two attached hydrogens (primary N) is 1. The summed E-state index contributed by atoms with van der Waals surface area (Å²) in [5.74, 6) is -0.0920. The maximum Gasteiger partial charge on any atom is 0.253 e. The molecular weight excluding hydrogens is 214 g/mol. The molecule has 0 aliphatic rings. The van der Waals surface area contributed by atoms with Gasteiger partial charge in [-0.1, -0.05) is 6.92 Å². The Morgan fingerprint density at radius 1 is 1.41 bits per heavy atom. The van der Waals surface area contributed by atoms with Gasteiger partial charge in [0.2, 0.25) is 0 Å². The Morgan fingerprint density at radius 2 is 2.12 bits per heavy atom. The SMILES string of the molecule is CCNC(=O)c1cc(N)ccc1NC(C)CC. The van der Waals surface area contributed by atoms with Crippen molar-refractivity contribution in [2.24, 2.45) is 0 Å². The fraction of sp³-hybridized carbons (Fsp3) is 0.462. The van der Waals surface area contributed by atoms with Crippen LogP contribution in [0, 0.1) is 0 Å². The molecule has 0 heterocycles. The van der Waals surface area contributed by atoms with Crippen molar-refractivity contribution in [2.75, 3.05) is 17.6 Å². The lowest BCUT2D eigenvalue weighted by molar-refractivity contribution is 0.0956. The summed E-state index contributed by atoms with van der Waals surface area (Å²) in [6, 6.07) is 5.68. The summed E-state index contributed by atoms with van der Waals surface area (Å²) in [4.78, 5) is 11.9. The number of hydrogen-bond donors (Lipinski definition) is 3. The molecule has 4 heteroatoms. The van der Waals surface area contributed by atoms with Gasteiger partial charge >= 0.3 is 0 Å². The molecule has 0 aliphatic heterocycles. The molecule has 1 aromatic rings. The highest BCUT2D eigenvalue weighted by molar-refractivity contribution is 6.00. The minimum absolute atomic E-state index is 0.0920. The minimum atomic E-state index is -0.0920. The Balaban J connectivity index is 2.99. The molecule has 0 bridgehead atoms. The van der Waals surface area contributed by atoms with Crippen LogP contribution < -0.4 is 16.4 Å². The smallest absolute Gasteiger partial charge is 0.253 e. The van der Waals surface area contributed by atoms with Gasteiger partial charge in [-0.25, -0.2) is 0 Å². The van der Waals surface area contributed by atoms with Gasteiger partial charge in [-0.05, 0) is 38.5 Å². The highest BCUT2D eigenvalue weighted by atomic mass is 16.1. The van der Waals surface area contributed by atoms with Crippen molar-refractivity contribution in [3.8, 4) is 0 Å². The van der Waals surface area contributed by atoms with E-state index in [-0.39, 0.29) is 5.91 Å². The van der Waals surface area contributed by atoms with E-state index in [0.717, 1.165) is 12.1 Å². The van der Waals surface area contributed by atoms with Crippen LogP contribution in [0.2, 0.25) is 0 Å². The van der Waals surface area contributed by atoms with Crippen LogP contribution in [0.15, 0.2) is 18.2 Å². The van der Waals surface area contributed by atoms with E-state index < -0.39 is 0 Å². The molecule has 17 heavy (non-hydrogen) atoms. The van der Waals surface area contributed by atoms with Crippen LogP contribution in [-0.4, -0.2) is 18.5 Å². The third kappa shape index (κ3) is 3.66. The number of nitrogens with one attached hydrogen (secondary N) is 2. The fourth-order valence-corrected chi connectivity index (χ4v) is 1.50. The second-order valence-corrected chi connectivity index (χ2v) is 4.12. The van der Waals surface area contributed by atoms with Crippen molar-refractivity contribution in [1.82, 2.24) is 5.32 Å². The van der Waals surface area contributed by atoms with Crippen LogP contribution in [-0.2, 0) is 0 Å². The van der Waals surface area contributed by atoms with Gasteiger partial charge in [-0.15, -0.1) is 0 Å². The monoisotopic (exact) mass is 235 g/mol. The van der Waals surface area contributed by atoms with E-state index in [4.69, 9.17) is 5.73 Å². The van der Waals surface area contributed by atoms with E-state index in [9.17, 15) is 4.79 Å². The van der Waals surface area contributed by atoms with Crippen LogP contribution >= 0.6 is 0 Å². The number of hydrogen-bond acceptors (Lipinski definition) is 3. The van der Waals surface area contributed by atoms with Gasteiger partial charge < -0.3 is 16.4 Å². The standard InChI is InChI=1S/C13H21N3O/c1-4-9(3)16-12-7-6-10(14)8-11(12)13(17)15-5-2/h6-9,16H,4-5,14H2,1-3H3,(H,15,17). The second-order valence-electron chi connectivity index (χ2n) is 4.12. The molecule has 0 spiro atoms. The molecule has 0 fully saturated rings. The van der Waals surface area contributed by atoms with Crippen molar-refractivity contribution in [3.63, 3.8) is 0 Å². The van der Waals surface area contributed by atoms with Gasteiger partial charge in [-0.2, -0.15) is 0 Å². The second kappa shape index (κ2) is 6.13. The summed E-state index contributed by atoms with van der Waals surface area (Å²) in [6.45, 7) is 6.68. The largest absolute Gasteiger partial charge is 0.399 e. The van der Waals surface area contributed by atoms with Gasteiger partial charge in [0.25, 0.3) is 5.91 Å². The molecule has 1 amide bonds. The van der Waals surface area contributed by atoms with Crippen LogP contribution in [0.1, 0.15) is 37.6 Å². The Labute approximate surface area is 103 Å². The molecule has 4 nitrogen and oxygen atoms in total. The minimum Gasteiger partial charge on any atom is -0.399 e. The average molecular weight is 235 g/mol. The van der Waals surface area contributed by atoms with Crippen molar-refractivity contribution < 1.29 is 4.79 Å². The molecular formula is C13H21N3O. The van der Waals surface area contributed by atoms with E-state index in [0.29, 0.717) is 23.8 Å². The molecule has 0 aromatic heterocycles. The van der Waals surface area contributed by atoms with Gasteiger partial charge in [0.1, 0.15) is 0 Å². The first kappa shape index (κ1) is 13.4. The first-order chi connectivity index (χ1) is 8.08. The number of rotatable bonds is 5. The zero-order valence-electron chi connectivity index (χ0n) is 10.7. The number of carbonyl (C=O) groups excluding carboxylic acids is 1. The highest BCUT2D eigenvalue weighted by Gasteiger charge is 2.12. The summed E-state index contributed by atoms with van der Waals surface area (Å²) in [7, 11) is 0. The number of carbonyl (C=O) groups is 1. The van der Waals surface area contributed by atoms with Crippen LogP contribution in [0.5, 0.6) is 0 Å². The molecule has 94 valence electrons. The predicted octanol–water partition coefficient (Wildman–Crippen LogP) is 2.23. The summed E-state index contributed by atoms with van der Waals surface area (Å²) >= 11 is 0. The molecule has 4 N–H and O–H groups in total. The maximum absolute atomic E-state index is 11.9. The van der Waals surface area contributed by atoms with Gasteiger partial charge in [0.15, 0.2) is 0 Å². The average Bonchev–Trinajstić information content (AvgIpc) is 2.31. The van der Waals surface area contributed by atoms with Crippen molar-refractivity contribution in [1.29, 1.82) is 0 Å². The van der Waals surface area contributed by atoms with E-state index in [1.165, 1.54) is 0 Å². The lowest BCUT2D eigenvalue weighted by atomic mass is 10.1. The van der Waals surface area contributed by atoms with E-state index in [1.807, 2.05) is 13.0 Å². The normalized spacial score (nSPS) is 11.9. The number of benzene rings is 1. The highest BCUT2D eigenvalue weighted by Crippen LogP contribution is 2.20. The molecule has 0 saturated heterocycles. The van der Waals surface area contributed by atoms with Crippen molar-refractivity contribution in [3.05, 3.63) is 23.8 Å². The summed E-state index contributed by atoms with van der Waals surface area (Å²) in [5, 5.41) is 6.10. The third-order valence-electron chi connectivity index (χ3n) is 2.64. The Morgan fingerprint density at radius 3 is 2.71 bits per heavy atom. The first-order valence-corrected chi connectivity index (χ1v) is 6.02. The van der Waals surface area contributed by atoms with Gasteiger partial charge in [-0.3, -0.25) is 4.79 Å². The molecule has 1 rings (SSSR count). The lowest BCUT2D eigenvalue weighted by Crippen LogP contribution is -2.25. The third-order valence-corrected chi connectivity index (χ3v) is 2.64. The van der Waals surface area contributed by atoms with Gasteiger partial charge in [0, 0.05) is 24.0 Å². The van der Waals surface area contributed by atoms with Crippen LogP contribution in [0.3, 0.4) is 0 Å². The van der Waals surface area contributed by atoms with Crippen LogP contribution in [0.4, 0.5) is 11.4 Å². The lowest BCUT2D eigenvalue weighted by Gasteiger charge is -2.16. The maximum atomic E-state index is 11.9. The number of anilines is 2. The van der Waals surface area contributed by atoms with E-state index >= 15 is 0 Å². The molecule has 1 atom stereocenters. The van der Waals surface area contributed by atoms with Crippen molar-refractivity contribution >= 4 is 17.3 Å². The summed E-state index contributed by atoms with van der Waals surface area (Å²) in [5.41, 5.74) is 7.75. The van der Waals surface area contributed by atoms with Gasteiger partial charge in [0.05, 0.1) is 5.56 Å². The summed E-state index contributed by atoms with van der Waals surface area (Å²) in [6.07, 6.45) is 0.999. The first-order valence-electron chi connectivity index (χ1n) is 6.02. The number of amides is 1. The quantitative estimate of drug-likeness (QED) is 0.686. The molecule has 0 radical (unpaired) electrons. The topological polar surface area (TPSA) is 67.2 Å². The zero-order valence-corrected chi connectivity index (χ0v) is 10.7. The summed E-state index contributed by atoms with van der Waals surface area (Å²) < 4.78 is 0. The van der Waals surface area contributed by atoms with E-state index in [2.05, 4.69) is 24.5 Å². The zero-order chi connectivity index (χ0) is 12.8. The Kier molecular flexibility index (Phi) is 4.82. The molecule has 1 unspecified atom stereocenters. The molecule has 0 aliphatic carbocycles. The van der Waals surface area contributed by atoms with Crippen molar-refractivity contribution in [2.45, 2.75) is 33.2 Å². The fourth-order valence-electron chi connectivity index (χ4n) is 1.50. The van der Waals surface area contributed by atoms with Crippen LogP contribution in [0.25, 0.3) is 0 Å². The molecule has 1 aromatic carbocycles. The Hall–Kier alpha value is -1.71. The molecule has 0 saturated carbocycles. The predicted molar refractivity (Wildman–Crippen MR) is 72.2 cm³/mol. The van der Waals surface area contributed by atoms with E-state index in [1.54, 1.807) is 12.1 Å². The Bertz CT molecular complexity index is 390.